The highest BCUT2D eigenvalue weighted by molar-refractivity contribution is 6.03. The van der Waals surface area contributed by atoms with E-state index >= 15 is 0 Å². The lowest BCUT2D eigenvalue weighted by Gasteiger charge is -2.19. The molecule has 30 heavy (non-hydrogen) atoms. The number of ether oxygens (including phenoxy) is 2. The van der Waals surface area contributed by atoms with E-state index in [4.69, 9.17) is 9.47 Å². The molecule has 0 atom stereocenters. The molecule has 3 aromatic heterocycles. The molecule has 0 aromatic carbocycles. The average molecular weight is 417 g/mol. The van der Waals surface area contributed by atoms with Crippen molar-refractivity contribution in [1.29, 1.82) is 0 Å². The van der Waals surface area contributed by atoms with Crippen molar-refractivity contribution >= 4 is 17.4 Å². The maximum atomic E-state index is 12.9. The lowest BCUT2D eigenvalue weighted by atomic mass is 9.97. The second-order valence-electron chi connectivity index (χ2n) is 6.85. The van der Waals surface area contributed by atoms with E-state index in [0.717, 1.165) is 18.5 Å². The molecule has 1 saturated heterocycles. The van der Waals surface area contributed by atoms with Gasteiger partial charge in [0.05, 0.1) is 12.3 Å². The van der Waals surface area contributed by atoms with Crippen LogP contribution in [0.4, 0.5) is 14.5 Å². The van der Waals surface area contributed by atoms with Crippen molar-refractivity contribution < 1.29 is 23.0 Å². The van der Waals surface area contributed by atoms with E-state index in [0.29, 0.717) is 31.3 Å². The molecule has 1 N–H and O–H groups in total. The monoisotopic (exact) mass is 417 g/mol. The molecule has 10 heteroatoms. The average Bonchev–Trinajstić information content (AvgIpc) is 3.17. The van der Waals surface area contributed by atoms with E-state index in [-0.39, 0.29) is 17.5 Å². The molecule has 8 nitrogen and oxygen atoms in total. The molecule has 0 bridgehead atoms. The highest BCUT2D eigenvalue weighted by Gasteiger charge is 2.21. The molecule has 0 aliphatic carbocycles. The highest BCUT2D eigenvalue weighted by Crippen LogP contribution is 2.29. The number of fused-ring (bicyclic) bond motifs is 1. The lowest BCUT2D eigenvalue weighted by molar-refractivity contribution is 0.0846. The Kier molecular flexibility index (Phi) is 5.84. The minimum absolute atomic E-state index is 0.121. The van der Waals surface area contributed by atoms with Crippen LogP contribution in [0.15, 0.2) is 30.6 Å². The fourth-order valence-electron chi connectivity index (χ4n) is 3.33. The number of carbonyl (C=O) groups is 1. The summed E-state index contributed by atoms with van der Waals surface area (Å²) in [6.45, 7) is 3.52. The van der Waals surface area contributed by atoms with E-state index in [9.17, 15) is 13.6 Å². The third-order valence-electron chi connectivity index (χ3n) is 4.83. The van der Waals surface area contributed by atoms with Gasteiger partial charge in [0.15, 0.2) is 0 Å². The number of rotatable bonds is 6. The van der Waals surface area contributed by atoms with Crippen molar-refractivity contribution in [3.63, 3.8) is 0 Å². The summed E-state index contributed by atoms with van der Waals surface area (Å²) in [5.41, 5.74) is 0.624. The number of hydrogen-bond donors (Lipinski definition) is 1. The number of nitrogens with zero attached hydrogens (tertiary/aromatic N) is 4. The third kappa shape index (κ3) is 4.23. The van der Waals surface area contributed by atoms with Crippen LogP contribution < -0.4 is 10.1 Å². The molecule has 0 spiro atoms. The fraction of sp³-hybridized carbons (Fsp3) is 0.400. The molecule has 3 aromatic rings. The summed E-state index contributed by atoms with van der Waals surface area (Å²) in [5.74, 6) is 0.308. The Labute approximate surface area is 171 Å². The molecule has 1 amide bonds. The Balaban J connectivity index is 1.64. The number of alkyl halides is 2. The van der Waals surface area contributed by atoms with Gasteiger partial charge >= 0.3 is 0 Å². The van der Waals surface area contributed by atoms with Crippen LogP contribution in [0.5, 0.6) is 5.88 Å². The van der Waals surface area contributed by atoms with E-state index in [1.54, 1.807) is 17.5 Å². The summed E-state index contributed by atoms with van der Waals surface area (Å²) < 4.78 is 38.5. The molecule has 4 heterocycles. The van der Waals surface area contributed by atoms with Gasteiger partial charge < -0.3 is 14.8 Å². The number of halogens is 2. The summed E-state index contributed by atoms with van der Waals surface area (Å²) in [5, 5.41) is 2.66. The van der Waals surface area contributed by atoms with E-state index in [2.05, 4.69) is 20.3 Å². The van der Waals surface area contributed by atoms with Crippen LogP contribution >= 0.6 is 0 Å². The Morgan fingerprint density at radius 3 is 2.80 bits per heavy atom. The standard InChI is InChI=1S/C20H21F2N5O3/c1-2-30-19-16(24-18(28)14-5-3-4-13(23-14)17(21)22)11-27-10-15(25-20(27)26-19)12-6-8-29-9-7-12/h3-5,10-12,17H,2,6-9H2,1H3,(H,24,28). The zero-order valence-corrected chi connectivity index (χ0v) is 16.3. The number of carbonyl (C=O) groups excluding carboxylic acids is 1. The molecule has 0 saturated carbocycles. The van der Waals surface area contributed by atoms with Gasteiger partial charge in [0.2, 0.25) is 11.7 Å². The summed E-state index contributed by atoms with van der Waals surface area (Å²) in [7, 11) is 0. The van der Waals surface area contributed by atoms with Gasteiger partial charge in [0, 0.05) is 31.5 Å². The second-order valence-corrected chi connectivity index (χ2v) is 6.85. The van der Waals surface area contributed by atoms with Crippen LogP contribution in [0, 0.1) is 0 Å². The molecule has 1 aliphatic rings. The first-order valence-corrected chi connectivity index (χ1v) is 9.71. The molecule has 1 aliphatic heterocycles. The topological polar surface area (TPSA) is 90.6 Å². The van der Waals surface area contributed by atoms with E-state index in [1.807, 2.05) is 6.20 Å². The Morgan fingerprint density at radius 1 is 1.27 bits per heavy atom. The maximum absolute atomic E-state index is 12.9. The van der Waals surface area contributed by atoms with Gasteiger partial charge in [-0.05, 0) is 31.9 Å². The van der Waals surface area contributed by atoms with Gasteiger partial charge in [-0.2, -0.15) is 4.98 Å². The first-order valence-electron chi connectivity index (χ1n) is 9.71. The van der Waals surface area contributed by atoms with Gasteiger partial charge in [-0.3, -0.25) is 9.20 Å². The molecule has 1 fully saturated rings. The first kappa shape index (κ1) is 20.1. The smallest absolute Gasteiger partial charge is 0.280 e. The zero-order chi connectivity index (χ0) is 21.1. The zero-order valence-electron chi connectivity index (χ0n) is 16.3. The number of anilines is 1. The normalized spacial score (nSPS) is 14.9. The molecule has 4 rings (SSSR count). The van der Waals surface area contributed by atoms with Crippen molar-refractivity contribution in [2.24, 2.45) is 0 Å². The van der Waals surface area contributed by atoms with Crippen LogP contribution in [0.2, 0.25) is 0 Å². The van der Waals surface area contributed by atoms with Gasteiger partial charge in [-0.15, -0.1) is 0 Å². The van der Waals surface area contributed by atoms with Crippen LogP contribution in [0.1, 0.15) is 54.0 Å². The van der Waals surface area contributed by atoms with Gasteiger partial charge in [0.25, 0.3) is 12.3 Å². The van der Waals surface area contributed by atoms with E-state index < -0.39 is 18.0 Å². The lowest BCUT2D eigenvalue weighted by Crippen LogP contribution is -2.16. The predicted octanol–water partition coefficient (Wildman–Crippen LogP) is 3.61. The maximum Gasteiger partial charge on any atom is 0.280 e. The quantitative estimate of drug-likeness (QED) is 0.659. The molecular formula is C20H21F2N5O3. The van der Waals surface area contributed by atoms with Crippen molar-refractivity contribution in [1.82, 2.24) is 19.4 Å². The largest absolute Gasteiger partial charge is 0.476 e. The number of aromatic nitrogens is 4. The van der Waals surface area contributed by atoms with Gasteiger partial charge in [-0.25, -0.2) is 18.7 Å². The minimum atomic E-state index is -2.76. The first-order chi connectivity index (χ1) is 14.5. The Morgan fingerprint density at radius 2 is 2.07 bits per heavy atom. The molecule has 0 radical (unpaired) electrons. The number of pyridine rings is 1. The SMILES string of the molecule is CCOc1nc2nc(C3CCOCC3)cn2cc1NC(=O)c1cccc(C(F)F)n1. The number of imidazole rings is 1. The van der Waals surface area contributed by atoms with Gasteiger partial charge in [0.1, 0.15) is 17.1 Å². The van der Waals surface area contributed by atoms with Crippen molar-refractivity contribution in [2.45, 2.75) is 32.1 Å². The third-order valence-corrected chi connectivity index (χ3v) is 4.83. The van der Waals surface area contributed by atoms with Crippen molar-refractivity contribution in [2.75, 3.05) is 25.1 Å². The van der Waals surface area contributed by atoms with Crippen LogP contribution in [-0.2, 0) is 4.74 Å². The highest BCUT2D eigenvalue weighted by atomic mass is 19.3. The van der Waals surface area contributed by atoms with E-state index in [1.165, 1.54) is 18.2 Å². The predicted molar refractivity (Wildman–Crippen MR) is 104 cm³/mol. The second kappa shape index (κ2) is 8.70. The fourth-order valence-corrected chi connectivity index (χ4v) is 3.33. The molecule has 0 unspecified atom stereocenters. The summed E-state index contributed by atoms with van der Waals surface area (Å²) >= 11 is 0. The molecule has 158 valence electrons. The van der Waals surface area contributed by atoms with Crippen LogP contribution in [0.25, 0.3) is 5.78 Å². The summed E-state index contributed by atoms with van der Waals surface area (Å²) in [6, 6.07) is 3.91. The minimum Gasteiger partial charge on any atom is -0.476 e. The van der Waals surface area contributed by atoms with Gasteiger partial charge in [-0.1, -0.05) is 6.07 Å². The number of hydrogen-bond acceptors (Lipinski definition) is 6. The number of amides is 1. The Hall–Kier alpha value is -3.14. The van der Waals surface area contributed by atoms with Crippen LogP contribution in [-0.4, -0.2) is 45.1 Å². The summed E-state index contributed by atoms with van der Waals surface area (Å²) in [6.07, 6.45) is 2.54. The molecular weight excluding hydrogens is 396 g/mol. The summed E-state index contributed by atoms with van der Waals surface area (Å²) in [4.78, 5) is 25.3. The Bertz CT molecular complexity index is 1050. The van der Waals surface area contributed by atoms with Crippen molar-refractivity contribution in [3.8, 4) is 5.88 Å². The van der Waals surface area contributed by atoms with Crippen molar-refractivity contribution in [3.05, 3.63) is 47.7 Å². The number of nitrogens with one attached hydrogen (secondary N) is 1. The van der Waals surface area contributed by atoms with Crippen LogP contribution in [0.3, 0.4) is 0 Å².